The van der Waals surface area contributed by atoms with Crippen molar-refractivity contribution < 1.29 is 19.0 Å². The highest BCUT2D eigenvalue weighted by Gasteiger charge is 2.15. The zero-order valence-corrected chi connectivity index (χ0v) is 18.7. The predicted molar refractivity (Wildman–Crippen MR) is 123 cm³/mol. The third kappa shape index (κ3) is 4.89. The number of nitrogens with one attached hydrogen (secondary N) is 1. The molecule has 1 N–H and O–H groups in total. The van der Waals surface area contributed by atoms with Crippen molar-refractivity contribution in [3.8, 4) is 33.6 Å². The van der Waals surface area contributed by atoms with Gasteiger partial charge in [0.25, 0.3) is 5.91 Å². The predicted octanol–water partition coefficient (Wildman–Crippen LogP) is 4.34. The van der Waals surface area contributed by atoms with Crippen LogP contribution in [0.1, 0.15) is 5.69 Å². The van der Waals surface area contributed by atoms with Crippen molar-refractivity contribution in [1.29, 1.82) is 0 Å². The Kier molecular flexibility index (Phi) is 6.37. The molecule has 0 spiro atoms. The lowest BCUT2D eigenvalue weighted by Crippen LogP contribution is -2.21. The summed E-state index contributed by atoms with van der Waals surface area (Å²) in [5.74, 6) is 2.22. The minimum absolute atomic E-state index is 0.146. The van der Waals surface area contributed by atoms with E-state index in [-0.39, 0.29) is 12.5 Å². The van der Waals surface area contributed by atoms with E-state index in [2.05, 4.69) is 15.4 Å². The van der Waals surface area contributed by atoms with Gasteiger partial charge in [0.05, 0.1) is 25.6 Å². The monoisotopic (exact) mass is 450 g/mol. The number of nitrogens with zero attached hydrogens (tertiary/aromatic N) is 3. The molecular formula is C23H22N4O4S. The highest BCUT2D eigenvalue weighted by atomic mass is 32.1. The summed E-state index contributed by atoms with van der Waals surface area (Å²) in [7, 11) is 3.21. The Balaban J connectivity index is 1.46. The first-order valence-corrected chi connectivity index (χ1v) is 10.7. The molecule has 4 aromatic rings. The molecule has 8 nitrogen and oxygen atoms in total. The van der Waals surface area contributed by atoms with Crippen molar-refractivity contribution in [2.45, 2.75) is 6.92 Å². The molecule has 4 rings (SSSR count). The molecule has 32 heavy (non-hydrogen) atoms. The molecule has 2 heterocycles. The molecule has 164 valence electrons. The van der Waals surface area contributed by atoms with Crippen molar-refractivity contribution in [1.82, 2.24) is 14.8 Å². The second kappa shape index (κ2) is 9.52. The second-order valence-electron chi connectivity index (χ2n) is 6.84. The van der Waals surface area contributed by atoms with Crippen LogP contribution in [0, 0.1) is 6.92 Å². The van der Waals surface area contributed by atoms with E-state index in [9.17, 15) is 4.79 Å². The maximum absolute atomic E-state index is 12.5. The molecule has 0 aliphatic heterocycles. The average Bonchev–Trinajstić information content (AvgIpc) is 3.44. The Morgan fingerprint density at radius 3 is 2.53 bits per heavy atom. The Morgan fingerprint density at radius 2 is 1.78 bits per heavy atom. The van der Waals surface area contributed by atoms with E-state index in [1.807, 2.05) is 42.6 Å². The number of carbonyl (C=O) groups is 1. The van der Waals surface area contributed by atoms with Crippen molar-refractivity contribution in [3.63, 3.8) is 0 Å². The molecule has 0 unspecified atom stereocenters. The summed E-state index contributed by atoms with van der Waals surface area (Å²) >= 11 is 1.44. The largest absolute Gasteiger partial charge is 0.497 e. The number of ether oxygens (including phenoxy) is 3. The van der Waals surface area contributed by atoms with Gasteiger partial charge in [-0.1, -0.05) is 6.07 Å². The maximum Gasteiger partial charge on any atom is 0.263 e. The van der Waals surface area contributed by atoms with E-state index >= 15 is 0 Å². The Hall–Kier alpha value is -3.85. The van der Waals surface area contributed by atoms with E-state index < -0.39 is 0 Å². The van der Waals surface area contributed by atoms with Crippen molar-refractivity contribution >= 4 is 23.1 Å². The molecule has 0 radical (unpaired) electrons. The second-order valence-corrected chi connectivity index (χ2v) is 7.68. The highest BCUT2D eigenvalue weighted by molar-refractivity contribution is 7.12. The zero-order valence-electron chi connectivity index (χ0n) is 17.9. The molecule has 2 aromatic carbocycles. The topological polar surface area (TPSA) is 87.5 Å². The summed E-state index contributed by atoms with van der Waals surface area (Å²) in [6.07, 6.45) is 0. The van der Waals surface area contributed by atoms with Gasteiger partial charge in [-0.25, -0.2) is 4.98 Å². The van der Waals surface area contributed by atoms with Crippen LogP contribution >= 0.6 is 11.3 Å². The number of amides is 1. The van der Waals surface area contributed by atoms with Gasteiger partial charge in [0.15, 0.2) is 6.61 Å². The summed E-state index contributed by atoms with van der Waals surface area (Å²) in [5.41, 5.74) is 2.55. The normalized spacial score (nSPS) is 10.6. The summed E-state index contributed by atoms with van der Waals surface area (Å²) in [5, 5.41) is 9.93. The third-order valence-electron chi connectivity index (χ3n) is 4.57. The van der Waals surface area contributed by atoms with Crippen LogP contribution < -0.4 is 19.5 Å². The number of carbonyl (C=O) groups excluding carboxylic acids is 1. The smallest absolute Gasteiger partial charge is 0.263 e. The van der Waals surface area contributed by atoms with Crippen LogP contribution in [0.15, 0.2) is 60.0 Å². The fourth-order valence-electron chi connectivity index (χ4n) is 3.01. The van der Waals surface area contributed by atoms with Crippen LogP contribution in [0.4, 0.5) is 5.82 Å². The standard InChI is InChI=1S/C23H22N4O4S/c1-15-11-21(25-22(28)13-31-19-6-4-5-18(12-19)30-3)27(26-15)23-24-20(14-32-23)16-7-9-17(29-2)10-8-16/h4-12,14H,13H2,1-3H3,(H,25,28). The van der Waals surface area contributed by atoms with Gasteiger partial charge in [-0.3, -0.25) is 4.79 Å². The van der Waals surface area contributed by atoms with Crippen molar-refractivity contribution in [3.05, 3.63) is 65.7 Å². The van der Waals surface area contributed by atoms with Crippen LogP contribution in [-0.4, -0.2) is 41.5 Å². The highest BCUT2D eigenvalue weighted by Crippen LogP contribution is 2.27. The van der Waals surface area contributed by atoms with Gasteiger partial charge >= 0.3 is 0 Å². The third-order valence-corrected chi connectivity index (χ3v) is 5.39. The van der Waals surface area contributed by atoms with E-state index in [0.29, 0.717) is 22.4 Å². The zero-order chi connectivity index (χ0) is 22.5. The molecule has 1 amide bonds. The number of aromatic nitrogens is 3. The number of rotatable bonds is 8. The molecule has 0 saturated carbocycles. The van der Waals surface area contributed by atoms with Crippen LogP contribution in [0.3, 0.4) is 0 Å². The minimum Gasteiger partial charge on any atom is -0.497 e. The van der Waals surface area contributed by atoms with Crippen molar-refractivity contribution in [2.24, 2.45) is 0 Å². The van der Waals surface area contributed by atoms with E-state index in [4.69, 9.17) is 14.2 Å². The number of thiazole rings is 1. The van der Waals surface area contributed by atoms with Crippen LogP contribution in [0.2, 0.25) is 0 Å². The number of aryl methyl sites for hydroxylation is 1. The fraction of sp³-hybridized carbons (Fsp3) is 0.174. The van der Waals surface area contributed by atoms with Gasteiger partial charge in [-0.2, -0.15) is 9.78 Å². The molecule has 0 atom stereocenters. The van der Waals surface area contributed by atoms with Gasteiger partial charge in [0.2, 0.25) is 5.13 Å². The van der Waals surface area contributed by atoms with E-state index in [1.54, 1.807) is 43.2 Å². The Morgan fingerprint density at radius 1 is 1.03 bits per heavy atom. The average molecular weight is 451 g/mol. The lowest BCUT2D eigenvalue weighted by Gasteiger charge is -2.09. The molecule has 0 aliphatic rings. The number of hydrogen-bond acceptors (Lipinski definition) is 7. The summed E-state index contributed by atoms with van der Waals surface area (Å²) in [4.78, 5) is 17.2. The molecular weight excluding hydrogens is 428 g/mol. The van der Waals surface area contributed by atoms with Gasteiger partial charge < -0.3 is 19.5 Å². The van der Waals surface area contributed by atoms with Gasteiger partial charge in [-0.15, -0.1) is 11.3 Å². The number of anilines is 1. The number of benzene rings is 2. The first kappa shape index (κ1) is 21.4. The first-order valence-electron chi connectivity index (χ1n) is 9.79. The molecule has 0 bridgehead atoms. The molecule has 0 saturated heterocycles. The SMILES string of the molecule is COc1ccc(-c2csc(-n3nc(C)cc3NC(=O)COc3cccc(OC)c3)n2)cc1. The molecule has 2 aromatic heterocycles. The fourth-order valence-corrected chi connectivity index (χ4v) is 3.80. The summed E-state index contributed by atoms with van der Waals surface area (Å²) < 4.78 is 17.6. The van der Waals surface area contributed by atoms with E-state index in [1.165, 1.54) is 11.3 Å². The van der Waals surface area contributed by atoms with Gasteiger partial charge in [0.1, 0.15) is 23.1 Å². The quantitative estimate of drug-likeness (QED) is 0.430. The first-order chi connectivity index (χ1) is 15.6. The minimum atomic E-state index is -0.305. The molecule has 9 heteroatoms. The van der Waals surface area contributed by atoms with Crippen molar-refractivity contribution in [2.75, 3.05) is 26.1 Å². The molecule has 0 aliphatic carbocycles. The summed E-state index contributed by atoms with van der Waals surface area (Å²) in [6, 6.07) is 16.6. The van der Waals surface area contributed by atoms with Gasteiger partial charge in [0, 0.05) is 23.1 Å². The molecule has 0 fully saturated rings. The van der Waals surface area contributed by atoms with Gasteiger partial charge in [-0.05, 0) is 43.3 Å². The maximum atomic E-state index is 12.5. The van der Waals surface area contributed by atoms with Crippen LogP contribution in [-0.2, 0) is 4.79 Å². The lowest BCUT2D eigenvalue weighted by molar-refractivity contribution is -0.118. The van der Waals surface area contributed by atoms with Crippen LogP contribution in [0.5, 0.6) is 17.2 Å². The number of methoxy groups -OCH3 is 2. The lowest BCUT2D eigenvalue weighted by atomic mass is 10.2. The number of hydrogen-bond donors (Lipinski definition) is 1. The summed E-state index contributed by atoms with van der Waals surface area (Å²) in [6.45, 7) is 1.71. The Bertz CT molecular complexity index is 1220. The van der Waals surface area contributed by atoms with E-state index in [0.717, 1.165) is 22.7 Å². The van der Waals surface area contributed by atoms with Crippen LogP contribution in [0.25, 0.3) is 16.4 Å². The Labute approximate surface area is 189 Å².